The van der Waals surface area contributed by atoms with Crippen molar-refractivity contribution in [2.75, 3.05) is 5.32 Å². The standard InChI is InChI=1S/C16H12N4OS2/c1-10(14(21)20-12-4-2-3-11(7-12)8-17)23-16-13-5-6-22-15(13)18-9-19-16/h2-7,9-10H,1H3,(H,20,21)/t10-/m1/s1. The van der Waals surface area contributed by atoms with Crippen molar-refractivity contribution in [1.82, 2.24) is 9.97 Å². The summed E-state index contributed by atoms with van der Waals surface area (Å²) in [6.45, 7) is 1.83. The van der Waals surface area contributed by atoms with Crippen LogP contribution in [0.2, 0.25) is 0 Å². The fourth-order valence-electron chi connectivity index (χ4n) is 1.99. The van der Waals surface area contributed by atoms with Crippen molar-refractivity contribution < 1.29 is 4.79 Å². The van der Waals surface area contributed by atoms with Crippen LogP contribution in [0.5, 0.6) is 0 Å². The summed E-state index contributed by atoms with van der Waals surface area (Å²) in [6, 6.07) is 10.9. The Bertz CT molecular complexity index is 900. The highest BCUT2D eigenvalue weighted by atomic mass is 32.2. The quantitative estimate of drug-likeness (QED) is 0.579. The Morgan fingerprint density at radius 2 is 2.26 bits per heavy atom. The molecule has 0 spiro atoms. The van der Waals surface area contributed by atoms with E-state index in [4.69, 9.17) is 5.26 Å². The molecular weight excluding hydrogens is 328 g/mol. The Labute approximate surface area is 141 Å². The fraction of sp³-hybridized carbons (Fsp3) is 0.125. The van der Waals surface area contributed by atoms with Crippen molar-refractivity contribution in [2.24, 2.45) is 0 Å². The van der Waals surface area contributed by atoms with Crippen LogP contribution in [0.4, 0.5) is 5.69 Å². The monoisotopic (exact) mass is 340 g/mol. The van der Waals surface area contributed by atoms with Gasteiger partial charge >= 0.3 is 0 Å². The number of amides is 1. The van der Waals surface area contributed by atoms with Crippen LogP contribution in [0, 0.1) is 11.3 Å². The van der Waals surface area contributed by atoms with Crippen molar-refractivity contribution in [2.45, 2.75) is 17.2 Å². The molecule has 0 saturated heterocycles. The summed E-state index contributed by atoms with van der Waals surface area (Å²) >= 11 is 2.94. The molecule has 1 N–H and O–H groups in total. The molecule has 0 aliphatic rings. The first-order valence-electron chi connectivity index (χ1n) is 6.83. The van der Waals surface area contributed by atoms with Gasteiger partial charge in [0.2, 0.25) is 5.91 Å². The van der Waals surface area contributed by atoms with Crippen LogP contribution in [0.1, 0.15) is 12.5 Å². The second-order valence-electron chi connectivity index (χ2n) is 4.76. The minimum atomic E-state index is -0.321. The SMILES string of the molecule is C[C@@H](Sc1ncnc2sccc12)C(=O)Nc1cccc(C#N)c1. The summed E-state index contributed by atoms with van der Waals surface area (Å²) in [4.78, 5) is 21.7. The van der Waals surface area contributed by atoms with Crippen molar-refractivity contribution in [1.29, 1.82) is 5.26 Å². The molecule has 0 radical (unpaired) electrons. The second kappa shape index (κ2) is 6.77. The number of thioether (sulfide) groups is 1. The number of anilines is 1. The smallest absolute Gasteiger partial charge is 0.237 e. The van der Waals surface area contributed by atoms with Gasteiger partial charge in [-0.05, 0) is 36.6 Å². The third kappa shape index (κ3) is 3.50. The number of hydrogen-bond acceptors (Lipinski definition) is 6. The summed E-state index contributed by atoms with van der Waals surface area (Å²) in [7, 11) is 0. The first-order valence-corrected chi connectivity index (χ1v) is 8.59. The summed E-state index contributed by atoms with van der Waals surface area (Å²) in [6.07, 6.45) is 1.52. The zero-order valence-electron chi connectivity index (χ0n) is 12.2. The van der Waals surface area contributed by atoms with Crippen LogP contribution in [0.25, 0.3) is 10.2 Å². The van der Waals surface area contributed by atoms with Crippen molar-refractivity contribution in [3.63, 3.8) is 0 Å². The van der Waals surface area contributed by atoms with Crippen LogP contribution < -0.4 is 5.32 Å². The van der Waals surface area contributed by atoms with E-state index in [1.165, 1.54) is 18.1 Å². The van der Waals surface area contributed by atoms with Crippen molar-refractivity contribution in [3.8, 4) is 6.07 Å². The Kier molecular flexibility index (Phi) is 4.55. The molecule has 2 aromatic heterocycles. The Morgan fingerprint density at radius 3 is 3.09 bits per heavy atom. The van der Waals surface area contributed by atoms with E-state index >= 15 is 0 Å². The lowest BCUT2D eigenvalue weighted by molar-refractivity contribution is -0.115. The molecule has 2 heterocycles. The van der Waals surface area contributed by atoms with Crippen LogP contribution in [-0.2, 0) is 4.79 Å². The van der Waals surface area contributed by atoms with Gasteiger partial charge in [-0.25, -0.2) is 9.97 Å². The predicted molar refractivity (Wildman–Crippen MR) is 92.5 cm³/mol. The number of rotatable bonds is 4. The number of thiophene rings is 1. The number of aromatic nitrogens is 2. The van der Waals surface area contributed by atoms with Gasteiger partial charge in [0, 0.05) is 11.1 Å². The summed E-state index contributed by atoms with van der Waals surface area (Å²) in [5.41, 5.74) is 1.13. The first-order chi connectivity index (χ1) is 11.2. The molecule has 3 rings (SSSR count). The van der Waals surface area contributed by atoms with Gasteiger partial charge < -0.3 is 5.32 Å². The van der Waals surface area contributed by atoms with Gasteiger partial charge in [0.05, 0.1) is 16.9 Å². The molecular formula is C16H12N4OS2. The Morgan fingerprint density at radius 1 is 1.39 bits per heavy atom. The largest absolute Gasteiger partial charge is 0.325 e. The van der Waals surface area contributed by atoms with Crippen LogP contribution in [-0.4, -0.2) is 21.1 Å². The predicted octanol–water partition coefficient (Wildman–Crippen LogP) is 3.68. The van der Waals surface area contributed by atoms with E-state index < -0.39 is 0 Å². The molecule has 0 unspecified atom stereocenters. The van der Waals surface area contributed by atoms with Gasteiger partial charge in [0.1, 0.15) is 16.2 Å². The normalized spacial score (nSPS) is 11.8. The van der Waals surface area contributed by atoms with Crippen molar-refractivity contribution in [3.05, 3.63) is 47.6 Å². The average molecular weight is 340 g/mol. The van der Waals surface area contributed by atoms with Gasteiger partial charge in [0.15, 0.2) is 0 Å². The highest BCUT2D eigenvalue weighted by molar-refractivity contribution is 8.00. The molecule has 0 aliphatic carbocycles. The van der Waals surface area contributed by atoms with Crippen molar-refractivity contribution >= 4 is 44.9 Å². The highest BCUT2D eigenvalue weighted by Crippen LogP contribution is 2.30. The minimum absolute atomic E-state index is 0.132. The molecule has 0 saturated carbocycles. The van der Waals surface area contributed by atoms with Gasteiger partial charge in [0.25, 0.3) is 0 Å². The molecule has 0 fully saturated rings. The van der Waals surface area contributed by atoms with Gasteiger partial charge in [-0.3, -0.25) is 4.79 Å². The van der Waals surface area contributed by atoms with Gasteiger partial charge in [-0.2, -0.15) is 5.26 Å². The summed E-state index contributed by atoms with van der Waals surface area (Å²) in [5.74, 6) is -0.132. The third-order valence-corrected chi connectivity index (χ3v) is 5.08. The highest BCUT2D eigenvalue weighted by Gasteiger charge is 2.17. The third-order valence-electron chi connectivity index (χ3n) is 3.14. The lowest BCUT2D eigenvalue weighted by atomic mass is 10.2. The lowest BCUT2D eigenvalue weighted by Crippen LogP contribution is -2.22. The maximum atomic E-state index is 12.3. The van der Waals surface area contributed by atoms with E-state index in [1.54, 1.807) is 35.6 Å². The van der Waals surface area contributed by atoms with E-state index in [9.17, 15) is 4.79 Å². The van der Waals surface area contributed by atoms with Gasteiger partial charge in [-0.1, -0.05) is 17.8 Å². The molecule has 7 heteroatoms. The zero-order valence-corrected chi connectivity index (χ0v) is 13.8. The molecule has 1 amide bonds. The zero-order chi connectivity index (χ0) is 16.2. The number of nitrogens with one attached hydrogen (secondary N) is 1. The second-order valence-corrected chi connectivity index (χ2v) is 6.98. The number of nitrogens with zero attached hydrogens (tertiary/aromatic N) is 3. The summed E-state index contributed by atoms with van der Waals surface area (Å²) < 4.78 is 0. The lowest BCUT2D eigenvalue weighted by Gasteiger charge is -2.12. The maximum Gasteiger partial charge on any atom is 0.237 e. The number of benzene rings is 1. The summed E-state index contributed by atoms with van der Waals surface area (Å²) in [5, 5.41) is 15.1. The maximum absolute atomic E-state index is 12.3. The number of carbonyl (C=O) groups is 1. The van der Waals surface area contributed by atoms with Crippen LogP contribution >= 0.6 is 23.1 Å². The van der Waals surface area contributed by atoms with Gasteiger partial charge in [-0.15, -0.1) is 11.3 Å². The molecule has 0 bridgehead atoms. The molecule has 1 atom stereocenters. The van der Waals surface area contributed by atoms with Crippen LogP contribution in [0.15, 0.2) is 47.1 Å². The Hall–Kier alpha value is -2.43. The topological polar surface area (TPSA) is 78.7 Å². The van der Waals surface area contributed by atoms with E-state index in [1.807, 2.05) is 18.4 Å². The number of hydrogen-bond donors (Lipinski definition) is 1. The van der Waals surface area contributed by atoms with E-state index in [0.717, 1.165) is 15.2 Å². The van der Waals surface area contributed by atoms with E-state index in [0.29, 0.717) is 11.3 Å². The van der Waals surface area contributed by atoms with Crippen LogP contribution in [0.3, 0.4) is 0 Å². The fourth-order valence-corrected chi connectivity index (χ4v) is 3.69. The van der Waals surface area contributed by atoms with E-state index in [-0.39, 0.29) is 11.2 Å². The first kappa shape index (κ1) is 15.5. The molecule has 1 aromatic carbocycles. The number of fused-ring (bicyclic) bond motifs is 1. The van der Waals surface area contributed by atoms with E-state index in [2.05, 4.69) is 21.4 Å². The molecule has 114 valence electrons. The number of nitriles is 1. The average Bonchev–Trinajstić information content (AvgIpc) is 3.04. The molecule has 0 aliphatic heterocycles. The molecule has 3 aromatic rings. The Balaban J connectivity index is 1.72. The molecule has 5 nitrogen and oxygen atoms in total. The number of carbonyl (C=O) groups excluding carboxylic acids is 1. The molecule has 23 heavy (non-hydrogen) atoms. The minimum Gasteiger partial charge on any atom is -0.325 e.